The van der Waals surface area contributed by atoms with Gasteiger partial charge in [-0.1, -0.05) is 36.4 Å². The Morgan fingerprint density at radius 1 is 1.14 bits per heavy atom. The molecule has 0 aliphatic carbocycles. The number of carbonyl (C=O) groups is 1. The fraction of sp³-hybridized carbons (Fsp3) is 0.292. The van der Waals surface area contributed by atoms with Gasteiger partial charge in [-0.3, -0.25) is 4.79 Å². The number of hydrogen-bond donors (Lipinski definition) is 0. The minimum Gasteiger partial charge on any atom is -0.494 e. The van der Waals surface area contributed by atoms with Crippen LogP contribution in [0.15, 0.2) is 54.7 Å². The first kappa shape index (κ1) is 18.8. The van der Waals surface area contributed by atoms with Gasteiger partial charge in [-0.25, -0.2) is 0 Å². The van der Waals surface area contributed by atoms with E-state index >= 15 is 0 Å². The third-order valence-electron chi connectivity index (χ3n) is 5.91. The summed E-state index contributed by atoms with van der Waals surface area (Å²) in [5.41, 5.74) is 1.26. The molecule has 29 heavy (non-hydrogen) atoms. The zero-order chi connectivity index (χ0) is 20.6. The standard InChI is InChI=1S/C24H21N3O2/c1-3-29-19-10-8-18(9-11-19)21-22(16(2)28)27-13-12-17-6-4-5-7-20(17)23(27)24(21,14-25)15-26/h4-13,21-23H,3H2,1-2H3/t21-,22-,23+/m0/s1. The van der Waals surface area contributed by atoms with Crippen LogP contribution in [0, 0.1) is 28.1 Å². The number of carbonyl (C=O) groups excluding carboxylic acids is 1. The van der Waals surface area contributed by atoms with Crippen LogP contribution in [0.2, 0.25) is 0 Å². The molecule has 0 bridgehead atoms. The van der Waals surface area contributed by atoms with Gasteiger partial charge >= 0.3 is 0 Å². The van der Waals surface area contributed by atoms with Crippen LogP contribution in [0.5, 0.6) is 5.75 Å². The van der Waals surface area contributed by atoms with Crippen LogP contribution in [-0.4, -0.2) is 23.3 Å². The maximum absolute atomic E-state index is 12.8. The predicted molar refractivity (Wildman–Crippen MR) is 109 cm³/mol. The monoisotopic (exact) mass is 383 g/mol. The van der Waals surface area contributed by atoms with E-state index in [1.54, 1.807) is 0 Å². The van der Waals surface area contributed by atoms with Gasteiger partial charge in [0.15, 0.2) is 11.2 Å². The number of fused-ring (bicyclic) bond motifs is 3. The summed E-state index contributed by atoms with van der Waals surface area (Å²) in [6.45, 7) is 3.99. The number of ether oxygens (including phenoxy) is 1. The molecule has 4 rings (SSSR count). The third kappa shape index (κ3) is 2.70. The topological polar surface area (TPSA) is 77.1 Å². The summed E-state index contributed by atoms with van der Waals surface area (Å²) in [7, 11) is 0. The highest BCUT2D eigenvalue weighted by Gasteiger charge is 2.63. The molecule has 144 valence electrons. The Kier molecular flexibility index (Phi) is 4.60. The smallest absolute Gasteiger partial charge is 0.177 e. The fourth-order valence-electron chi connectivity index (χ4n) is 4.76. The zero-order valence-electron chi connectivity index (χ0n) is 16.4. The molecular formula is C24H21N3O2. The molecule has 0 saturated carbocycles. The molecule has 5 nitrogen and oxygen atoms in total. The van der Waals surface area contributed by atoms with Gasteiger partial charge in [0.05, 0.1) is 30.8 Å². The molecule has 0 unspecified atom stereocenters. The van der Waals surface area contributed by atoms with Crippen molar-refractivity contribution in [3.63, 3.8) is 0 Å². The molecular weight excluding hydrogens is 362 g/mol. The molecule has 2 aliphatic heterocycles. The van der Waals surface area contributed by atoms with Crippen LogP contribution in [0.4, 0.5) is 0 Å². The van der Waals surface area contributed by atoms with Crippen molar-refractivity contribution in [2.24, 2.45) is 5.41 Å². The molecule has 1 saturated heterocycles. The molecule has 0 aromatic heterocycles. The van der Waals surface area contributed by atoms with Gasteiger partial charge in [0.2, 0.25) is 0 Å². The average Bonchev–Trinajstić information content (AvgIpc) is 3.06. The molecule has 2 aliphatic rings. The normalized spacial score (nSPS) is 23.4. The largest absolute Gasteiger partial charge is 0.494 e. The van der Waals surface area contributed by atoms with E-state index in [9.17, 15) is 15.3 Å². The Hall–Kier alpha value is -3.57. The second kappa shape index (κ2) is 7.11. The Morgan fingerprint density at radius 3 is 2.45 bits per heavy atom. The van der Waals surface area contributed by atoms with Crippen molar-refractivity contribution >= 4 is 11.9 Å². The van der Waals surface area contributed by atoms with Crippen LogP contribution in [0.25, 0.3) is 6.08 Å². The number of hydrogen-bond acceptors (Lipinski definition) is 5. The van der Waals surface area contributed by atoms with Gasteiger partial charge in [-0.05, 0) is 48.7 Å². The van der Waals surface area contributed by atoms with Gasteiger partial charge in [0.25, 0.3) is 0 Å². The quantitative estimate of drug-likeness (QED) is 0.791. The Morgan fingerprint density at radius 2 is 1.83 bits per heavy atom. The number of nitrogens with zero attached hydrogens (tertiary/aromatic N) is 3. The summed E-state index contributed by atoms with van der Waals surface area (Å²) < 4.78 is 5.52. The lowest BCUT2D eigenvalue weighted by Gasteiger charge is -2.34. The second-order valence-corrected chi connectivity index (χ2v) is 7.42. The number of ketones is 1. The van der Waals surface area contributed by atoms with Crippen molar-refractivity contribution in [3.05, 3.63) is 71.4 Å². The van der Waals surface area contributed by atoms with Crippen molar-refractivity contribution in [2.45, 2.75) is 31.8 Å². The highest BCUT2D eigenvalue weighted by molar-refractivity contribution is 5.85. The van der Waals surface area contributed by atoms with E-state index in [1.165, 1.54) is 6.92 Å². The molecule has 5 heteroatoms. The molecule has 2 aromatic rings. The van der Waals surface area contributed by atoms with Crippen molar-refractivity contribution in [3.8, 4) is 17.9 Å². The van der Waals surface area contributed by atoms with Crippen molar-refractivity contribution in [2.75, 3.05) is 6.61 Å². The summed E-state index contributed by atoms with van der Waals surface area (Å²) in [4.78, 5) is 14.7. The van der Waals surface area contributed by atoms with Crippen molar-refractivity contribution in [1.29, 1.82) is 10.5 Å². The Balaban J connectivity index is 1.92. The number of Topliss-reactive ketones (excluding diaryl/α,β-unsaturated/α-hetero) is 1. The lowest BCUT2D eigenvalue weighted by atomic mass is 9.68. The molecule has 0 radical (unpaired) electrons. The van der Waals surface area contributed by atoms with Crippen molar-refractivity contribution < 1.29 is 9.53 Å². The molecule has 0 amide bonds. The molecule has 2 heterocycles. The maximum atomic E-state index is 12.8. The van der Waals surface area contributed by atoms with Gasteiger partial charge in [0.1, 0.15) is 5.75 Å². The number of rotatable bonds is 4. The van der Waals surface area contributed by atoms with E-state index in [2.05, 4.69) is 12.1 Å². The number of benzene rings is 2. The summed E-state index contributed by atoms with van der Waals surface area (Å²) in [6, 6.07) is 18.7. The summed E-state index contributed by atoms with van der Waals surface area (Å²) >= 11 is 0. The fourth-order valence-corrected chi connectivity index (χ4v) is 4.76. The second-order valence-electron chi connectivity index (χ2n) is 7.42. The summed E-state index contributed by atoms with van der Waals surface area (Å²) in [6.07, 6.45) is 3.80. The summed E-state index contributed by atoms with van der Waals surface area (Å²) in [5.74, 6) is 0.0767. The first-order chi connectivity index (χ1) is 14.1. The lowest BCUT2D eigenvalue weighted by Crippen LogP contribution is -2.36. The van der Waals surface area contributed by atoms with E-state index in [0.717, 1.165) is 22.4 Å². The van der Waals surface area contributed by atoms with E-state index in [1.807, 2.05) is 72.6 Å². The lowest BCUT2D eigenvalue weighted by molar-refractivity contribution is -0.121. The molecule has 3 atom stereocenters. The first-order valence-corrected chi connectivity index (χ1v) is 9.67. The van der Waals surface area contributed by atoms with Crippen LogP contribution in [-0.2, 0) is 4.79 Å². The van der Waals surface area contributed by atoms with Gasteiger partial charge < -0.3 is 9.64 Å². The van der Waals surface area contributed by atoms with E-state index in [4.69, 9.17) is 4.74 Å². The van der Waals surface area contributed by atoms with Gasteiger partial charge in [-0.2, -0.15) is 10.5 Å². The predicted octanol–water partition coefficient (Wildman–Crippen LogP) is 4.20. The summed E-state index contributed by atoms with van der Waals surface area (Å²) in [5, 5.41) is 20.6. The average molecular weight is 383 g/mol. The van der Waals surface area contributed by atoms with Gasteiger partial charge in [-0.15, -0.1) is 0 Å². The molecule has 0 spiro atoms. The molecule has 0 N–H and O–H groups in total. The molecule has 2 aromatic carbocycles. The maximum Gasteiger partial charge on any atom is 0.177 e. The van der Waals surface area contributed by atoms with Crippen LogP contribution in [0.1, 0.15) is 42.5 Å². The zero-order valence-corrected chi connectivity index (χ0v) is 16.4. The first-order valence-electron chi connectivity index (χ1n) is 9.67. The van der Waals surface area contributed by atoms with Crippen molar-refractivity contribution in [1.82, 2.24) is 4.90 Å². The van der Waals surface area contributed by atoms with Crippen LogP contribution in [0.3, 0.4) is 0 Å². The SMILES string of the molecule is CCOc1ccc([C@H]2[C@H](C(C)=O)N3C=Cc4ccccc4[C@@H]3C2(C#N)C#N)cc1. The third-order valence-corrected chi connectivity index (χ3v) is 5.91. The van der Waals surface area contributed by atoms with E-state index < -0.39 is 23.4 Å². The highest BCUT2D eigenvalue weighted by atomic mass is 16.5. The van der Waals surface area contributed by atoms with E-state index in [0.29, 0.717) is 6.61 Å². The Bertz CT molecular complexity index is 1040. The van der Waals surface area contributed by atoms with Crippen LogP contribution >= 0.6 is 0 Å². The van der Waals surface area contributed by atoms with Gasteiger partial charge in [0, 0.05) is 12.1 Å². The number of nitriles is 2. The Labute approximate surface area is 170 Å². The highest BCUT2D eigenvalue weighted by Crippen LogP contribution is 2.59. The minimum atomic E-state index is -1.40. The van der Waals surface area contributed by atoms with Crippen LogP contribution < -0.4 is 4.74 Å². The van der Waals surface area contributed by atoms with E-state index in [-0.39, 0.29) is 5.78 Å². The minimum absolute atomic E-state index is 0.0645. The molecule has 1 fully saturated rings.